The highest BCUT2D eigenvalue weighted by molar-refractivity contribution is 6.09. The number of rotatable bonds is 7. The first-order valence-corrected chi connectivity index (χ1v) is 10.5. The summed E-state index contributed by atoms with van der Waals surface area (Å²) in [5, 5.41) is 0. The van der Waals surface area contributed by atoms with Gasteiger partial charge in [-0.05, 0) is 61.3 Å². The van der Waals surface area contributed by atoms with Crippen LogP contribution in [0.15, 0.2) is 24.3 Å². The lowest BCUT2D eigenvalue weighted by atomic mass is 9.81. The van der Waals surface area contributed by atoms with E-state index in [-0.39, 0.29) is 47.2 Å². The minimum absolute atomic E-state index is 0.241. The number of Topliss-reactive ketones (excluding diaryl/α,β-unsaturated/α-hetero) is 1. The number of likely N-dealkylation sites (tertiary alicyclic amines) is 1. The zero-order valence-corrected chi connectivity index (χ0v) is 17.5. The van der Waals surface area contributed by atoms with Gasteiger partial charge in [0.25, 0.3) is 0 Å². The lowest BCUT2D eigenvalue weighted by molar-refractivity contribution is -0.160. The van der Waals surface area contributed by atoms with Crippen LogP contribution in [0.25, 0.3) is 0 Å². The van der Waals surface area contributed by atoms with E-state index in [0.29, 0.717) is 11.3 Å². The predicted octanol–water partition coefficient (Wildman–Crippen LogP) is 2.48. The molecule has 1 aliphatic heterocycles. The molecule has 4 rings (SSSR count). The van der Waals surface area contributed by atoms with Crippen molar-refractivity contribution in [3.8, 4) is 5.75 Å². The number of imide groups is 1. The normalized spacial score (nSPS) is 28.1. The SMILES string of the molecule is COc1ccc(C(=O)COC(=O)[C@H](C(C)C)N2C(=O)[C@@H]3[C@@H]4CC[C@@H](C4)[C@@H]3C2=O)cc1. The van der Waals surface area contributed by atoms with Crippen LogP contribution in [0.1, 0.15) is 43.5 Å². The molecule has 160 valence electrons. The Morgan fingerprint density at radius 1 is 1.03 bits per heavy atom. The van der Waals surface area contributed by atoms with Gasteiger partial charge in [-0.2, -0.15) is 0 Å². The number of hydrogen-bond donors (Lipinski definition) is 0. The number of ether oxygens (including phenoxy) is 2. The second-order valence-corrected chi connectivity index (χ2v) is 8.88. The molecule has 0 N–H and O–H groups in total. The van der Waals surface area contributed by atoms with Crippen molar-refractivity contribution in [1.29, 1.82) is 0 Å². The summed E-state index contributed by atoms with van der Waals surface area (Å²) in [7, 11) is 1.53. The van der Waals surface area contributed by atoms with Gasteiger partial charge in [0.05, 0.1) is 18.9 Å². The molecule has 2 amide bonds. The molecule has 1 saturated heterocycles. The van der Waals surface area contributed by atoms with E-state index in [1.165, 1.54) is 7.11 Å². The molecule has 7 nitrogen and oxygen atoms in total. The molecule has 0 unspecified atom stereocenters. The predicted molar refractivity (Wildman–Crippen MR) is 107 cm³/mol. The standard InChI is InChI=1S/C23H27NO6/c1-12(2)20(23(28)30-11-17(25)13-6-8-16(29-3)9-7-13)24-21(26)18-14-4-5-15(10-14)19(18)22(24)27/h6-9,12,14-15,18-20H,4-5,10-11H2,1-3H3/t14-,15+,18-,19+,20-/m0/s1. The number of carbonyl (C=O) groups excluding carboxylic acids is 4. The third kappa shape index (κ3) is 3.30. The number of esters is 1. The number of fused-ring (bicyclic) bond motifs is 5. The third-order valence-corrected chi connectivity index (χ3v) is 6.87. The van der Waals surface area contributed by atoms with Crippen molar-refractivity contribution in [3.05, 3.63) is 29.8 Å². The zero-order chi connectivity index (χ0) is 21.6. The molecule has 0 radical (unpaired) electrons. The van der Waals surface area contributed by atoms with E-state index in [9.17, 15) is 19.2 Å². The summed E-state index contributed by atoms with van der Waals surface area (Å²) in [5.41, 5.74) is 0.393. The van der Waals surface area contributed by atoms with E-state index in [4.69, 9.17) is 9.47 Å². The van der Waals surface area contributed by atoms with Gasteiger partial charge in [0.2, 0.25) is 11.8 Å². The molecule has 0 aromatic heterocycles. The molecule has 2 bridgehead atoms. The highest BCUT2D eigenvalue weighted by Gasteiger charge is 2.62. The van der Waals surface area contributed by atoms with Crippen LogP contribution in [0.2, 0.25) is 0 Å². The van der Waals surface area contributed by atoms with Gasteiger partial charge in [0, 0.05) is 5.56 Å². The first kappa shape index (κ1) is 20.6. The smallest absolute Gasteiger partial charge is 0.330 e. The molecule has 3 fully saturated rings. The molecule has 1 aromatic rings. The van der Waals surface area contributed by atoms with Crippen LogP contribution in [0, 0.1) is 29.6 Å². The fourth-order valence-corrected chi connectivity index (χ4v) is 5.46. The Labute approximate surface area is 175 Å². The maximum absolute atomic E-state index is 13.1. The number of hydrogen-bond acceptors (Lipinski definition) is 6. The quantitative estimate of drug-likeness (QED) is 0.388. The van der Waals surface area contributed by atoms with Gasteiger partial charge in [0.1, 0.15) is 11.8 Å². The monoisotopic (exact) mass is 413 g/mol. The molecule has 30 heavy (non-hydrogen) atoms. The number of methoxy groups -OCH3 is 1. The molecular formula is C23H27NO6. The van der Waals surface area contributed by atoms with Crippen LogP contribution in [-0.4, -0.2) is 48.2 Å². The van der Waals surface area contributed by atoms with Crippen LogP contribution < -0.4 is 4.74 Å². The number of carbonyl (C=O) groups is 4. The van der Waals surface area contributed by atoms with Crippen LogP contribution >= 0.6 is 0 Å². The van der Waals surface area contributed by atoms with Crippen LogP contribution in [-0.2, 0) is 19.1 Å². The molecular weight excluding hydrogens is 386 g/mol. The van der Waals surface area contributed by atoms with Gasteiger partial charge in [0.15, 0.2) is 12.4 Å². The maximum Gasteiger partial charge on any atom is 0.330 e. The largest absolute Gasteiger partial charge is 0.497 e. The summed E-state index contributed by atoms with van der Waals surface area (Å²) in [6.07, 6.45) is 2.89. The topological polar surface area (TPSA) is 90.0 Å². The minimum atomic E-state index is -1.00. The van der Waals surface area contributed by atoms with E-state index in [0.717, 1.165) is 24.2 Å². The van der Waals surface area contributed by atoms with Crippen LogP contribution in [0.3, 0.4) is 0 Å². The Morgan fingerprint density at radius 3 is 2.10 bits per heavy atom. The van der Waals surface area contributed by atoms with E-state index >= 15 is 0 Å². The molecule has 1 heterocycles. The minimum Gasteiger partial charge on any atom is -0.497 e. The van der Waals surface area contributed by atoms with Crippen molar-refractivity contribution >= 4 is 23.6 Å². The number of nitrogens with zero attached hydrogens (tertiary/aromatic N) is 1. The Hall–Kier alpha value is -2.70. The molecule has 0 spiro atoms. The number of amides is 2. The Morgan fingerprint density at radius 2 is 1.60 bits per heavy atom. The van der Waals surface area contributed by atoms with E-state index in [1.54, 1.807) is 38.1 Å². The molecule has 3 aliphatic rings. The fraction of sp³-hybridized carbons (Fsp3) is 0.565. The summed E-state index contributed by atoms with van der Waals surface area (Å²) in [6, 6.07) is 5.50. The summed E-state index contributed by atoms with van der Waals surface area (Å²) < 4.78 is 10.3. The second-order valence-electron chi connectivity index (χ2n) is 8.88. The van der Waals surface area contributed by atoms with E-state index in [1.807, 2.05) is 0 Å². The highest BCUT2D eigenvalue weighted by Crippen LogP contribution is 2.56. The van der Waals surface area contributed by atoms with Gasteiger partial charge >= 0.3 is 5.97 Å². The Balaban J connectivity index is 1.45. The van der Waals surface area contributed by atoms with Gasteiger partial charge in [-0.15, -0.1) is 0 Å². The average Bonchev–Trinajstić information content (AvgIpc) is 3.42. The first-order chi connectivity index (χ1) is 14.3. The summed E-state index contributed by atoms with van der Waals surface area (Å²) in [5.74, 6) is -1.31. The molecule has 1 aromatic carbocycles. The van der Waals surface area contributed by atoms with Gasteiger partial charge in [-0.3, -0.25) is 19.3 Å². The Kier molecular flexibility index (Phi) is 5.38. The van der Waals surface area contributed by atoms with Crippen molar-refractivity contribution in [2.75, 3.05) is 13.7 Å². The molecule has 2 saturated carbocycles. The molecule has 5 atom stereocenters. The summed E-state index contributed by atoms with van der Waals surface area (Å²) in [4.78, 5) is 52.5. The highest BCUT2D eigenvalue weighted by atomic mass is 16.5. The number of ketones is 1. The second kappa shape index (κ2) is 7.85. The lowest BCUT2D eigenvalue weighted by Gasteiger charge is -2.28. The summed E-state index contributed by atoms with van der Waals surface area (Å²) in [6.45, 7) is 3.11. The van der Waals surface area contributed by atoms with Crippen molar-refractivity contribution in [2.24, 2.45) is 29.6 Å². The van der Waals surface area contributed by atoms with Gasteiger partial charge in [-0.25, -0.2) is 4.79 Å². The van der Waals surface area contributed by atoms with Crippen LogP contribution in [0.4, 0.5) is 0 Å². The zero-order valence-electron chi connectivity index (χ0n) is 17.5. The van der Waals surface area contributed by atoms with Crippen molar-refractivity contribution < 1.29 is 28.7 Å². The average molecular weight is 413 g/mol. The van der Waals surface area contributed by atoms with Crippen LogP contribution in [0.5, 0.6) is 5.75 Å². The lowest BCUT2D eigenvalue weighted by Crippen LogP contribution is -2.50. The fourth-order valence-electron chi connectivity index (χ4n) is 5.46. The van der Waals surface area contributed by atoms with Gasteiger partial charge in [-0.1, -0.05) is 13.8 Å². The Bertz CT molecular complexity index is 848. The summed E-state index contributed by atoms with van der Waals surface area (Å²) >= 11 is 0. The van der Waals surface area contributed by atoms with Gasteiger partial charge < -0.3 is 9.47 Å². The van der Waals surface area contributed by atoms with E-state index in [2.05, 4.69) is 0 Å². The third-order valence-electron chi connectivity index (χ3n) is 6.87. The van der Waals surface area contributed by atoms with Crippen molar-refractivity contribution in [2.45, 2.75) is 39.2 Å². The van der Waals surface area contributed by atoms with E-state index < -0.39 is 18.6 Å². The maximum atomic E-state index is 13.1. The molecule has 2 aliphatic carbocycles. The first-order valence-electron chi connectivity index (χ1n) is 10.5. The van der Waals surface area contributed by atoms with Crippen molar-refractivity contribution in [1.82, 2.24) is 4.90 Å². The van der Waals surface area contributed by atoms with Crippen molar-refractivity contribution in [3.63, 3.8) is 0 Å². The molecule has 7 heteroatoms. The number of benzene rings is 1.